The van der Waals surface area contributed by atoms with Crippen LogP contribution in [0.25, 0.3) is 5.76 Å². The van der Waals surface area contributed by atoms with Gasteiger partial charge in [0.1, 0.15) is 11.6 Å². The molecule has 6 nitrogen and oxygen atoms in total. The normalized spacial score (nSPS) is 17.9. The number of ketones is 1. The molecular formula is C23H21BrFNO5. The van der Waals surface area contributed by atoms with Crippen LogP contribution in [0.4, 0.5) is 4.39 Å². The standard InChI is InChI=1S/C23H21BrFNO5/c24-16-10-8-14(9-11-16)21(29)19-20(15-5-4-6-17(25)13-15)26(23(31)22(19)30)12-3-1-2-7-18(27)28/h4-6,8-11,13,20,29H,1-3,7,12H2,(H,27,28)/b21-19+/t20-/m1/s1. The maximum Gasteiger partial charge on any atom is 0.303 e. The van der Waals surface area contributed by atoms with Crippen molar-refractivity contribution in [3.8, 4) is 0 Å². The van der Waals surface area contributed by atoms with Gasteiger partial charge in [-0.3, -0.25) is 14.4 Å². The molecule has 2 N–H and O–H groups in total. The molecule has 2 aromatic rings. The maximum absolute atomic E-state index is 13.9. The highest BCUT2D eigenvalue weighted by molar-refractivity contribution is 9.10. The number of carboxylic acids is 1. The number of halogens is 2. The van der Waals surface area contributed by atoms with E-state index in [0.717, 1.165) is 4.47 Å². The van der Waals surface area contributed by atoms with Crippen molar-refractivity contribution >= 4 is 39.3 Å². The van der Waals surface area contributed by atoms with Gasteiger partial charge in [-0.15, -0.1) is 0 Å². The predicted octanol–water partition coefficient (Wildman–Crippen LogP) is 4.65. The third-order valence-corrected chi connectivity index (χ3v) is 5.64. The number of Topliss-reactive ketones (excluding diaryl/α,β-unsaturated/α-hetero) is 1. The zero-order valence-electron chi connectivity index (χ0n) is 16.6. The lowest BCUT2D eigenvalue weighted by Crippen LogP contribution is -2.30. The number of carbonyl (C=O) groups is 3. The van der Waals surface area contributed by atoms with Crippen molar-refractivity contribution in [3.63, 3.8) is 0 Å². The van der Waals surface area contributed by atoms with E-state index in [1.807, 2.05) is 0 Å². The first kappa shape index (κ1) is 22.7. The number of likely N-dealkylation sites (tertiary alicyclic amines) is 1. The van der Waals surface area contributed by atoms with Gasteiger partial charge >= 0.3 is 5.97 Å². The molecule has 162 valence electrons. The van der Waals surface area contributed by atoms with E-state index in [-0.39, 0.29) is 24.3 Å². The Balaban J connectivity index is 1.97. The molecule has 1 aliphatic heterocycles. The first-order valence-corrected chi connectivity index (χ1v) is 10.6. The summed E-state index contributed by atoms with van der Waals surface area (Å²) in [7, 11) is 0. The Morgan fingerprint density at radius 3 is 2.39 bits per heavy atom. The smallest absolute Gasteiger partial charge is 0.303 e. The summed E-state index contributed by atoms with van der Waals surface area (Å²) in [6.45, 7) is 0.183. The fraction of sp³-hybridized carbons (Fsp3) is 0.261. The van der Waals surface area contributed by atoms with Crippen molar-refractivity contribution < 1.29 is 29.0 Å². The Labute approximate surface area is 187 Å². The second-order valence-corrected chi connectivity index (χ2v) is 8.17. The van der Waals surface area contributed by atoms with Gasteiger partial charge in [-0.25, -0.2) is 4.39 Å². The van der Waals surface area contributed by atoms with Crippen LogP contribution < -0.4 is 0 Å². The fourth-order valence-electron chi connectivity index (χ4n) is 3.63. The van der Waals surface area contributed by atoms with E-state index in [9.17, 15) is 23.9 Å². The van der Waals surface area contributed by atoms with E-state index >= 15 is 0 Å². The lowest BCUT2D eigenvalue weighted by atomic mass is 9.95. The predicted molar refractivity (Wildman–Crippen MR) is 116 cm³/mol. The van der Waals surface area contributed by atoms with Crippen LogP contribution in [0.15, 0.2) is 58.6 Å². The second kappa shape index (κ2) is 9.87. The number of unbranched alkanes of at least 4 members (excludes halogenated alkanes) is 2. The summed E-state index contributed by atoms with van der Waals surface area (Å²) in [6, 6.07) is 11.3. The summed E-state index contributed by atoms with van der Waals surface area (Å²) in [5.41, 5.74) is 0.649. The molecule has 1 atom stereocenters. The molecule has 0 aliphatic carbocycles. The summed E-state index contributed by atoms with van der Waals surface area (Å²) >= 11 is 3.31. The summed E-state index contributed by atoms with van der Waals surface area (Å²) < 4.78 is 14.7. The van der Waals surface area contributed by atoms with Gasteiger partial charge in [-0.05, 0) is 42.7 Å². The monoisotopic (exact) mass is 489 g/mol. The van der Waals surface area contributed by atoms with Crippen molar-refractivity contribution in [1.29, 1.82) is 0 Å². The van der Waals surface area contributed by atoms with Crippen LogP contribution in [0, 0.1) is 5.82 Å². The van der Waals surface area contributed by atoms with Gasteiger partial charge in [-0.2, -0.15) is 0 Å². The molecule has 1 saturated heterocycles. The van der Waals surface area contributed by atoms with Crippen LogP contribution in [0.5, 0.6) is 0 Å². The van der Waals surface area contributed by atoms with E-state index < -0.39 is 29.5 Å². The van der Waals surface area contributed by atoms with E-state index in [1.165, 1.54) is 23.1 Å². The number of amides is 1. The van der Waals surface area contributed by atoms with Crippen molar-refractivity contribution in [2.75, 3.05) is 6.54 Å². The molecule has 0 spiro atoms. The van der Waals surface area contributed by atoms with Crippen molar-refractivity contribution in [3.05, 3.63) is 75.5 Å². The van der Waals surface area contributed by atoms with Gasteiger partial charge < -0.3 is 15.1 Å². The molecule has 0 aromatic heterocycles. The summed E-state index contributed by atoms with van der Waals surface area (Å²) in [4.78, 5) is 37.6. The molecule has 31 heavy (non-hydrogen) atoms. The van der Waals surface area contributed by atoms with E-state index in [4.69, 9.17) is 5.11 Å². The Bertz CT molecular complexity index is 1030. The molecule has 1 heterocycles. The van der Waals surface area contributed by atoms with E-state index in [1.54, 1.807) is 30.3 Å². The number of aliphatic hydroxyl groups excluding tert-OH is 1. The first-order chi connectivity index (χ1) is 14.8. The van der Waals surface area contributed by atoms with Gasteiger partial charge in [0.2, 0.25) is 0 Å². The van der Waals surface area contributed by atoms with Gasteiger partial charge in [-0.1, -0.05) is 46.6 Å². The number of nitrogens with zero attached hydrogens (tertiary/aromatic N) is 1. The summed E-state index contributed by atoms with van der Waals surface area (Å²) in [5.74, 6) is -3.34. The molecule has 0 saturated carbocycles. The Hall–Kier alpha value is -3.00. The topological polar surface area (TPSA) is 94.9 Å². The molecular weight excluding hydrogens is 469 g/mol. The molecule has 0 bridgehead atoms. The molecule has 1 amide bonds. The highest BCUT2D eigenvalue weighted by atomic mass is 79.9. The molecule has 3 rings (SSSR count). The minimum Gasteiger partial charge on any atom is -0.507 e. The number of hydrogen-bond acceptors (Lipinski definition) is 4. The van der Waals surface area contributed by atoms with Gasteiger partial charge in [0, 0.05) is 23.0 Å². The Kier molecular flexibility index (Phi) is 7.22. The van der Waals surface area contributed by atoms with E-state index in [2.05, 4.69) is 15.9 Å². The number of carbonyl (C=O) groups excluding carboxylic acids is 2. The number of rotatable bonds is 8. The molecule has 2 aromatic carbocycles. The largest absolute Gasteiger partial charge is 0.507 e. The molecule has 0 radical (unpaired) electrons. The van der Waals surface area contributed by atoms with Crippen LogP contribution >= 0.6 is 15.9 Å². The highest BCUT2D eigenvalue weighted by Gasteiger charge is 2.45. The average molecular weight is 490 g/mol. The van der Waals surface area contributed by atoms with Crippen LogP contribution in [0.1, 0.15) is 42.9 Å². The molecule has 0 unspecified atom stereocenters. The van der Waals surface area contributed by atoms with Gasteiger partial charge in [0.15, 0.2) is 0 Å². The minimum atomic E-state index is -0.932. The number of hydrogen-bond donors (Lipinski definition) is 2. The number of aliphatic carboxylic acids is 1. The van der Waals surface area contributed by atoms with Crippen molar-refractivity contribution in [2.24, 2.45) is 0 Å². The zero-order valence-corrected chi connectivity index (χ0v) is 18.1. The Morgan fingerprint density at radius 2 is 1.74 bits per heavy atom. The molecule has 1 aliphatic rings. The zero-order chi connectivity index (χ0) is 22.5. The van der Waals surface area contributed by atoms with Gasteiger partial charge in [0.25, 0.3) is 11.7 Å². The van der Waals surface area contributed by atoms with Crippen LogP contribution in [0.2, 0.25) is 0 Å². The summed E-state index contributed by atoms with van der Waals surface area (Å²) in [5, 5.41) is 19.7. The minimum absolute atomic E-state index is 0.0235. The first-order valence-electron chi connectivity index (χ1n) is 9.81. The van der Waals surface area contributed by atoms with Crippen LogP contribution in [-0.4, -0.2) is 39.3 Å². The van der Waals surface area contributed by atoms with Crippen LogP contribution in [0.3, 0.4) is 0 Å². The second-order valence-electron chi connectivity index (χ2n) is 7.26. The lowest BCUT2D eigenvalue weighted by molar-refractivity contribution is -0.140. The van der Waals surface area contributed by atoms with Crippen molar-refractivity contribution in [2.45, 2.75) is 31.7 Å². The third-order valence-electron chi connectivity index (χ3n) is 5.11. The average Bonchev–Trinajstić information content (AvgIpc) is 2.98. The van der Waals surface area contributed by atoms with E-state index in [0.29, 0.717) is 30.4 Å². The lowest BCUT2D eigenvalue weighted by Gasteiger charge is -2.25. The van der Waals surface area contributed by atoms with Crippen LogP contribution in [-0.2, 0) is 14.4 Å². The third kappa shape index (κ3) is 5.19. The number of aliphatic hydroxyl groups is 1. The number of benzene rings is 2. The molecule has 1 fully saturated rings. The van der Waals surface area contributed by atoms with Crippen molar-refractivity contribution in [1.82, 2.24) is 4.90 Å². The SMILES string of the molecule is O=C(O)CCCCCN1C(=O)C(=O)/C(=C(/O)c2ccc(Br)cc2)[C@H]1c1cccc(F)c1. The molecule has 8 heteroatoms. The fourth-order valence-corrected chi connectivity index (χ4v) is 3.90. The Morgan fingerprint density at radius 1 is 1.03 bits per heavy atom. The number of carboxylic acid groups (broad SMARTS) is 1. The van der Waals surface area contributed by atoms with Gasteiger partial charge in [0.05, 0.1) is 11.6 Å². The highest BCUT2D eigenvalue weighted by Crippen LogP contribution is 2.39. The summed E-state index contributed by atoms with van der Waals surface area (Å²) in [6.07, 6.45) is 1.50. The quantitative estimate of drug-likeness (QED) is 0.243. The maximum atomic E-state index is 13.9.